The number of aromatic nitrogens is 4. The van der Waals surface area contributed by atoms with Gasteiger partial charge in [0.1, 0.15) is 34.7 Å². The Hall–Kier alpha value is -3.60. The number of anilines is 1. The Morgan fingerprint density at radius 3 is 2.60 bits per heavy atom. The second kappa shape index (κ2) is 9.95. The van der Waals surface area contributed by atoms with Gasteiger partial charge in [-0.2, -0.15) is 5.10 Å². The summed E-state index contributed by atoms with van der Waals surface area (Å²) in [6.45, 7) is 3.45. The molecule has 35 heavy (non-hydrogen) atoms. The van der Waals surface area contributed by atoms with E-state index in [1.54, 1.807) is 24.0 Å². The first-order valence-electron chi connectivity index (χ1n) is 10.2. The molecule has 4 aromatic rings. The number of amides is 1. The Labute approximate surface area is 210 Å². The highest BCUT2D eigenvalue weighted by Gasteiger charge is 2.27. The first-order chi connectivity index (χ1) is 16.7. The lowest BCUT2D eigenvalue weighted by molar-refractivity contribution is -0.111. The summed E-state index contributed by atoms with van der Waals surface area (Å²) in [7, 11) is 4.63. The van der Waals surface area contributed by atoms with Crippen molar-refractivity contribution in [3.63, 3.8) is 0 Å². The average molecular weight is 518 g/mol. The monoisotopic (exact) mass is 517 g/mol. The molecule has 0 aliphatic rings. The molecule has 0 radical (unpaired) electrons. The zero-order valence-corrected chi connectivity index (χ0v) is 20.5. The molecule has 3 aromatic heterocycles. The maximum absolute atomic E-state index is 11.7. The number of ether oxygens (including phenoxy) is 2. The quantitative estimate of drug-likeness (QED) is 0.335. The van der Waals surface area contributed by atoms with Crippen LogP contribution in [0, 0.1) is 0 Å². The van der Waals surface area contributed by atoms with Crippen LogP contribution in [0.15, 0.2) is 41.6 Å². The highest BCUT2D eigenvalue weighted by molar-refractivity contribution is 6.38. The molecule has 182 valence electrons. The van der Waals surface area contributed by atoms with Gasteiger partial charge in [0.25, 0.3) is 0 Å². The lowest BCUT2D eigenvalue weighted by Crippen LogP contribution is -2.09. The third kappa shape index (κ3) is 4.81. The molecule has 0 aliphatic carbocycles. The van der Waals surface area contributed by atoms with Gasteiger partial charge in [-0.3, -0.25) is 9.48 Å². The molecule has 3 heterocycles. The van der Waals surface area contributed by atoms with Crippen molar-refractivity contribution in [2.45, 2.75) is 12.5 Å². The Morgan fingerprint density at radius 1 is 1.29 bits per heavy atom. The van der Waals surface area contributed by atoms with Crippen LogP contribution in [0.5, 0.6) is 11.5 Å². The first-order valence-corrected chi connectivity index (χ1v) is 11.0. The fourth-order valence-corrected chi connectivity index (χ4v) is 4.21. The molecule has 1 atom stereocenters. The number of nitrogens with zero attached hydrogens (tertiary/aromatic N) is 4. The molecule has 0 aliphatic heterocycles. The van der Waals surface area contributed by atoms with Crippen LogP contribution in [-0.2, 0) is 18.3 Å². The summed E-state index contributed by atoms with van der Waals surface area (Å²) in [6.07, 6.45) is 3.27. The summed E-state index contributed by atoms with van der Waals surface area (Å²) in [5, 5.41) is 18.4. The van der Waals surface area contributed by atoms with E-state index in [0.29, 0.717) is 28.3 Å². The number of carbonyl (C=O) groups is 1. The van der Waals surface area contributed by atoms with Gasteiger partial charge in [0.05, 0.1) is 48.3 Å². The molecule has 0 saturated heterocycles. The van der Waals surface area contributed by atoms with E-state index in [1.807, 2.05) is 0 Å². The summed E-state index contributed by atoms with van der Waals surface area (Å²) in [5.41, 5.74) is 2.09. The maximum Gasteiger partial charge on any atom is 0.247 e. The van der Waals surface area contributed by atoms with Crippen molar-refractivity contribution in [3.8, 4) is 11.5 Å². The van der Waals surface area contributed by atoms with Crippen molar-refractivity contribution in [1.29, 1.82) is 0 Å². The number of aryl methyl sites for hydroxylation is 1. The Kier molecular flexibility index (Phi) is 6.97. The third-order valence-corrected chi connectivity index (χ3v) is 5.94. The van der Waals surface area contributed by atoms with Crippen molar-refractivity contribution in [3.05, 3.63) is 70.1 Å². The van der Waals surface area contributed by atoms with Crippen molar-refractivity contribution in [1.82, 2.24) is 19.7 Å². The second-order valence-electron chi connectivity index (χ2n) is 7.44. The molecule has 1 aromatic carbocycles. The SMILES string of the molecule is C=CC(=O)Nc1cn(C)nc1Cc1ncc2oc(C(O)c3c(Cl)c(OC)cc(OC)c3Cl)cc2n1. The zero-order valence-electron chi connectivity index (χ0n) is 19.0. The normalized spacial score (nSPS) is 11.9. The first kappa shape index (κ1) is 24.5. The van der Waals surface area contributed by atoms with Crippen LogP contribution in [0.4, 0.5) is 5.69 Å². The van der Waals surface area contributed by atoms with E-state index in [-0.39, 0.29) is 45.2 Å². The van der Waals surface area contributed by atoms with Gasteiger partial charge < -0.3 is 24.3 Å². The lowest BCUT2D eigenvalue weighted by Gasteiger charge is -2.17. The second-order valence-corrected chi connectivity index (χ2v) is 8.20. The highest BCUT2D eigenvalue weighted by atomic mass is 35.5. The topological polar surface area (TPSA) is 125 Å². The van der Waals surface area contributed by atoms with Crippen molar-refractivity contribution >= 4 is 45.9 Å². The highest BCUT2D eigenvalue weighted by Crippen LogP contribution is 2.45. The molecule has 1 amide bonds. The predicted molar refractivity (Wildman–Crippen MR) is 130 cm³/mol. The largest absolute Gasteiger partial charge is 0.495 e. The molecule has 4 rings (SSSR count). The van der Waals surface area contributed by atoms with Crippen LogP contribution < -0.4 is 14.8 Å². The van der Waals surface area contributed by atoms with Crippen LogP contribution in [0.3, 0.4) is 0 Å². The fourth-order valence-electron chi connectivity index (χ4n) is 3.51. The lowest BCUT2D eigenvalue weighted by atomic mass is 10.1. The molecule has 1 unspecified atom stereocenters. The molecular weight excluding hydrogens is 497 g/mol. The van der Waals surface area contributed by atoms with E-state index in [0.717, 1.165) is 0 Å². The van der Waals surface area contributed by atoms with E-state index in [4.69, 9.17) is 37.1 Å². The average Bonchev–Trinajstić information content (AvgIpc) is 3.41. The van der Waals surface area contributed by atoms with E-state index < -0.39 is 6.10 Å². The molecule has 0 bridgehead atoms. The number of carbonyl (C=O) groups excluding carboxylic acids is 1. The molecule has 12 heteroatoms. The summed E-state index contributed by atoms with van der Waals surface area (Å²) in [4.78, 5) is 20.6. The number of rotatable bonds is 8. The number of aliphatic hydroxyl groups is 1. The van der Waals surface area contributed by atoms with Crippen LogP contribution in [-0.4, -0.2) is 45.0 Å². The number of fused-ring (bicyclic) bond motifs is 1. The number of benzene rings is 1. The third-order valence-electron chi connectivity index (χ3n) is 5.16. The number of hydrogen-bond donors (Lipinski definition) is 2. The Balaban J connectivity index is 1.67. The van der Waals surface area contributed by atoms with Gasteiger partial charge in [0.15, 0.2) is 5.58 Å². The molecular formula is C23H21Cl2N5O5. The molecule has 0 fully saturated rings. The van der Waals surface area contributed by atoms with Gasteiger partial charge in [0.2, 0.25) is 5.91 Å². The minimum atomic E-state index is -1.33. The standard InChI is InChI=1S/C23H21Cl2N5O5/c1-5-19(31)28-13-10-30(2)29-11(13)7-18-26-9-17-12(27-18)6-16(35-17)23(32)20-21(24)14(33-3)8-15(34-4)22(20)25/h5-6,8-10,23,32H,1,7H2,2-4H3,(H,28,31). The van der Waals surface area contributed by atoms with Gasteiger partial charge in [0, 0.05) is 30.9 Å². The van der Waals surface area contributed by atoms with Gasteiger partial charge in [-0.05, 0) is 6.08 Å². The molecule has 2 N–H and O–H groups in total. The van der Waals surface area contributed by atoms with E-state index >= 15 is 0 Å². The van der Waals surface area contributed by atoms with Gasteiger partial charge in [-0.1, -0.05) is 29.8 Å². The number of furan rings is 1. The number of nitrogens with one attached hydrogen (secondary N) is 1. The summed E-state index contributed by atoms with van der Waals surface area (Å²) >= 11 is 12.9. The van der Waals surface area contributed by atoms with E-state index in [2.05, 4.69) is 27.0 Å². The summed E-state index contributed by atoms with van der Waals surface area (Å²) < 4.78 is 17.9. The van der Waals surface area contributed by atoms with Crippen LogP contribution >= 0.6 is 23.2 Å². The van der Waals surface area contributed by atoms with Gasteiger partial charge in [-0.15, -0.1) is 0 Å². The number of hydrogen-bond acceptors (Lipinski definition) is 8. The molecule has 10 nitrogen and oxygen atoms in total. The summed E-state index contributed by atoms with van der Waals surface area (Å²) in [6, 6.07) is 3.10. The minimum absolute atomic E-state index is 0.127. The zero-order chi connectivity index (χ0) is 25.3. The minimum Gasteiger partial charge on any atom is -0.495 e. The van der Waals surface area contributed by atoms with Gasteiger partial charge in [-0.25, -0.2) is 9.97 Å². The van der Waals surface area contributed by atoms with Crippen LogP contribution in [0.1, 0.15) is 28.9 Å². The molecule has 0 spiro atoms. The number of halogens is 2. The summed E-state index contributed by atoms with van der Waals surface area (Å²) in [5.74, 6) is 0.814. The van der Waals surface area contributed by atoms with Crippen molar-refractivity contribution < 1.29 is 23.8 Å². The Bertz CT molecular complexity index is 1400. The van der Waals surface area contributed by atoms with E-state index in [1.165, 1.54) is 32.6 Å². The van der Waals surface area contributed by atoms with Gasteiger partial charge >= 0.3 is 0 Å². The van der Waals surface area contributed by atoms with Crippen molar-refractivity contribution in [2.24, 2.45) is 7.05 Å². The van der Waals surface area contributed by atoms with Crippen LogP contribution in [0.25, 0.3) is 11.1 Å². The molecule has 0 saturated carbocycles. The predicted octanol–water partition coefficient (Wildman–Crippen LogP) is 4.08. The smallest absolute Gasteiger partial charge is 0.247 e. The fraction of sp³-hybridized carbons (Fsp3) is 0.217. The number of aliphatic hydroxyl groups excluding tert-OH is 1. The van der Waals surface area contributed by atoms with E-state index in [9.17, 15) is 9.90 Å². The number of methoxy groups -OCH3 is 2. The van der Waals surface area contributed by atoms with Crippen molar-refractivity contribution in [2.75, 3.05) is 19.5 Å². The van der Waals surface area contributed by atoms with Crippen LogP contribution in [0.2, 0.25) is 10.0 Å². The maximum atomic E-state index is 11.7. The Morgan fingerprint density at radius 2 is 1.97 bits per heavy atom.